The SMILES string of the molecule is Cc1nn(C)c(C)c1NC(=O)[C@@H](C)OC(=O)CNC(=O)c1cccs1. The molecule has 0 saturated heterocycles. The first-order valence-electron chi connectivity index (χ1n) is 7.61. The largest absolute Gasteiger partial charge is 0.451 e. The molecule has 0 aliphatic rings. The fraction of sp³-hybridized carbons (Fsp3) is 0.375. The molecule has 0 aromatic carbocycles. The lowest BCUT2D eigenvalue weighted by Crippen LogP contribution is -2.35. The normalized spacial score (nSPS) is 11.7. The molecule has 2 heterocycles. The zero-order chi connectivity index (χ0) is 18.6. The fourth-order valence-corrected chi connectivity index (χ4v) is 2.76. The predicted molar refractivity (Wildman–Crippen MR) is 93.5 cm³/mol. The van der Waals surface area contributed by atoms with Gasteiger partial charge in [-0.1, -0.05) is 6.07 Å². The molecule has 0 aliphatic heterocycles. The van der Waals surface area contributed by atoms with Crippen LogP contribution in [0.3, 0.4) is 0 Å². The molecule has 0 saturated carbocycles. The van der Waals surface area contributed by atoms with Crippen LogP contribution in [0.2, 0.25) is 0 Å². The van der Waals surface area contributed by atoms with Crippen molar-refractivity contribution in [1.29, 1.82) is 0 Å². The summed E-state index contributed by atoms with van der Waals surface area (Å²) in [5, 5.41) is 11.1. The standard InChI is InChI=1S/C16H20N4O4S/c1-9-14(10(2)20(4)19-9)18-15(22)11(3)24-13(21)8-17-16(23)12-6-5-7-25-12/h5-7,11H,8H2,1-4H3,(H,17,23)(H,18,22)/t11-/m1/s1. The smallest absolute Gasteiger partial charge is 0.326 e. The van der Waals surface area contributed by atoms with Gasteiger partial charge in [0.15, 0.2) is 6.10 Å². The van der Waals surface area contributed by atoms with Crippen molar-refractivity contribution in [2.24, 2.45) is 7.05 Å². The number of hydrogen-bond acceptors (Lipinski definition) is 6. The van der Waals surface area contributed by atoms with Gasteiger partial charge in [0.2, 0.25) is 0 Å². The lowest BCUT2D eigenvalue weighted by Gasteiger charge is -2.14. The Morgan fingerprint density at radius 1 is 1.36 bits per heavy atom. The molecule has 0 unspecified atom stereocenters. The second-order valence-electron chi connectivity index (χ2n) is 5.45. The molecule has 0 bridgehead atoms. The van der Waals surface area contributed by atoms with Crippen LogP contribution < -0.4 is 10.6 Å². The Morgan fingerprint density at radius 2 is 2.08 bits per heavy atom. The predicted octanol–water partition coefficient (Wildman–Crippen LogP) is 1.40. The molecule has 2 N–H and O–H groups in total. The number of nitrogens with one attached hydrogen (secondary N) is 2. The van der Waals surface area contributed by atoms with E-state index in [1.807, 2.05) is 6.92 Å². The highest BCUT2D eigenvalue weighted by Gasteiger charge is 2.21. The van der Waals surface area contributed by atoms with E-state index in [0.29, 0.717) is 16.3 Å². The van der Waals surface area contributed by atoms with E-state index < -0.39 is 18.0 Å². The summed E-state index contributed by atoms with van der Waals surface area (Å²) in [7, 11) is 1.78. The van der Waals surface area contributed by atoms with E-state index in [1.165, 1.54) is 18.3 Å². The van der Waals surface area contributed by atoms with E-state index in [9.17, 15) is 14.4 Å². The van der Waals surface area contributed by atoms with Gasteiger partial charge in [-0.3, -0.25) is 19.1 Å². The minimum Gasteiger partial charge on any atom is -0.451 e. The third kappa shape index (κ3) is 4.66. The number of rotatable bonds is 6. The van der Waals surface area contributed by atoms with Gasteiger partial charge in [0.1, 0.15) is 6.54 Å². The molecule has 0 fully saturated rings. The number of esters is 1. The summed E-state index contributed by atoms with van der Waals surface area (Å²) >= 11 is 1.27. The van der Waals surface area contributed by atoms with Crippen LogP contribution in [0.1, 0.15) is 28.0 Å². The van der Waals surface area contributed by atoms with Crippen molar-refractivity contribution in [1.82, 2.24) is 15.1 Å². The first kappa shape index (κ1) is 18.7. The Kier molecular flexibility index (Phi) is 5.92. The lowest BCUT2D eigenvalue weighted by molar-refractivity contribution is -0.152. The number of thiophene rings is 1. The van der Waals surface area contributed by atoms with Crippen LogP contribution in [0.5, 0.6) is 0 Å². The Morgan fingerprint density at radius 3 is 2.64 bits per heavy atom. The number of aromatic nitrogens is 2. The number of nitrogens with zero attached hydrogens (tertiary/aromatic N) is 2. The fourth-order valence-electron chi connectivity index (χ4n) is 2.12. The molecule has 2 rings (SSSR count). The van der Waals surface area contributed by atoms with Crippen LogP contribution in [-0.2, 0) is 21.4 Å². The molecule has 2 aromatic heterocycles. The van der Waals surface area contributed by atoms with E-state index in [4.69, 9.17) is 4.74 Å². The van der Waals surface area contributed by atoms with Gasteiger partial charge in [0.05, 0.1) is 22.0 Å². The Balaban J connectivity index is 1.84. The van der Waals surface area contributed by atoms with Crippen LogP contribution in [0, 0.1) is 13.8 Å². The number of anilines is 1. The average molecular weight is 364 g/mol. The summed E-state index contributed by atoms with van der Waals surface area (Å²) in [4.78, 5) is 36.2. The van der Waals surface area contributed by atoms with Gasteiger partial charge >= 0.3 is 5.97 Å². The van der Waals surface area contributed by atoms with Crippen molar-refractivity contribution in [3.05, 3.63) is 33.8 Å². The molecule has 0 radical (unpaired) electrons. The molecule has 25 heavy (non-hydrogen) atoms. The maximum absolute atomic E-state index is 12.2. The molecule has 0 spiro atoms. The summed E-state index contributed by atoms with van der Waals surface area (Å²) in [6.07, 6.45) is -0.995. The van der Waals surface area contributed by atoms with E-state index in [0.717, 1.165) is 5.69 Å². The van der Waals surface area contributed by atoms with Crippen molar-refractivity contribution in [2.45, 2.75) is 26.9 Å². The van der Waals surface area contributed by atoms with Crippen LogP contribution in [0.4, 0.5) is 5.69 Å². The lowest BCUT2D eigenvalue weighted by atomic mass is 10.3. The number of ether oxygens (including phenoxy) is 1. The Bertz CT molecular complexity index is 782. The second-order valence-corrected chi connectivity index (χ2v) is 6.40. The highest BCUT2D eigenvalue weighted by Crippen LogP contribution is 2.18. The third-order valence-corrected chi connectivity index (χ3v) is 4.44. The molecule has 2 aromatic rings. The van der Waals surface area contributed by atoms with Crippen LogP contribution in [-0.4, -0.2) is 40.2 Å². The maximum atomic E-state index is 12.2. The van der Waals surface area contributed by atoms with E-state index in [2.05, 4.69) is 15.7 Å². The zero-order valence-electron chi connectivity index (χ0n) is 14.5. The molecular weight excluding hydrogens is 344 g/mol. The number of carbonyl (C=O) groups is 3. The van der Waals surface area contributed by atoms with Gasteiger partial charge in [-0.05, 0) is 32.2 Å². The van der Waals surface area contributed by atoms with Crippen molar-refractivity contribution in [3.63, 3.8) is 0 Å². The molecule has 134 valence electrons. The Labute approximate surface area is 149 Å². The second kappa shape index (κ2) is 7.93. The van der Waals surface area contributed by atoms with Crippen LogP contribution in [0.15, 0.2) is 17.5 Å². The number of aryl methyl sites for hydroxylation is 2. The van der Waals surface area contributed by atoms with Crippen molar-refractivity contribution in [2.75, 3.05) is 11.9 Å². The summed E-state index contributed by atoms with van der Waals surface area (Å²) < 4.78 is 6.70. The minimum atomic E-state index is -0.995. The van der Waals surface area contributed by atoms with Crippen molar-refractivity contribution in [3.8, 4) is 0 Å². The highest BCUT2D eigenvalue weighted by molar-refractivity contribution is 7.12. The third-order valence-electron chi connectivity index (χ3n) is 3.57. The molecule has 0 aliphatic carbocycles. The van der Waals surface area contributed by atoms with Crippen molar-refractivity contribution < 1.29 is 19.1 Å². The summed E-state index contributed by atoms with van der Waals surface area (Å²) in [6.45, 7) is 4.76. The first-order chi connectivity index (χ1) is 11.8. The van der Waals surface area contributed by atoms with Gasteiger partial charge in [-0.15, -0.1) is 11.3 Å². The molecule has 1 atom stereocenters. The van der Waals surface area contributed by atoms with E-state index >= 15 is 0 Å². The van der Waals surface area contributed by atoms with Gasteiger partial charge in [-0.2, -0.15) is 5.10 Å². The molecule has 8 nitrogen and oxygen atoms in total. The highest BCUT2D eigenvalue weighted by atomic mass is 32.1. The van der Waals surface area contributed by atoms with Gasteiger partial charge in [0.25, 0.3) is 11.8 Å². The average Bonchev–Trinajstić information content (AvgIpc) is 3.17. The van der Waals surface area contributed by atoms with Gasteiger partial charge in [-0.25, -0.2) is 0 Å². The number of amides is 2. The van der Waals surface area contributed by atoms with Gasteiger partial charge < -0.3 is 15.4 Å². The number of carbonyl (C=O) groups excluding carboxylic acids is 3. The van der Waals surface area contributed by atoms with Crippen LogP contribution >= 0.6 is 11.3 Å². The molecular formula is C16H20N4O4S. The van der Waals surface area contributed by atoms with Crippen molar-refractivity contribution >= 4 is 34.8 Å². The summed E-state index contributed by atoms with van der Waals surface area (Å²) in [5.74, 6) is -1.50. The monoisotopic (exact) mass is 364 g/mol. The first-order valence-corrected chi connectivity index (χ1v) is 8.49. The van der Waals surface area contributed by atoms with E-state index in [1.54, 1.807) is 36.2 Å². The minimum absolute atomic E-state index is 0.306. The zero-order valence-corrected chi connectivity index (χ0v) is 15.3. The topological polar surface area (TPSA) is 102 Å². The Hall–Kier alpha value is -2.68. The maximum Gasteiger partial charge on any atom is 0.326 e. The quantitative estimate of drug-likeness (QED) is 0.754. The molecule has 9 heteroatoms. The van der Waals surface area contributed by atoms with Crippen LogP contribution in [0.25, 0.3) is 0 Å². The van der Waals surface area contributed by atoms with Gasteiger partial charge in [0, 0.05) is 7.05 Å². The summed E-state index contributed by atoms with van der Waals surface area (Å²) in [6, 6.07) is 3.40. The molecule has 2 amide bonds. The van der Waals surface area contributed by atoms with E-state index in [-0.39, 0.29) is 12.5 Å². The summed E-state index contributed by atoms with van der Waals surface area (Å²) in [5.41, 5.74) is 2.07. The number of hydrogen-bond donors (Lipinski definition) is 2.